The van der Waals surface area contributed by atoms with E-state index >= 15 is 0 Å². The summed E-state index contributed by atoms with van der Waals surface area (Å²) in [5, 5.41) is 2.74. The van der Waals surface area contributed by atoms with Crippen molar-refractivity contribution >= 4 is 5.82 Å². The molecule has 2 rings (SSSR count). The average Bonchev–Trinajstić information content (AvgIpc) is 2.39. The second-order valence-electron chi connectivity index (χ2n) is 3.90. The summed E-state index contributed by atoms with van der Waals surface area (Å²) >= 11 is 0. The van der Waals surface area contributed by atoms with Crippen LogP contribution in [-0.2, 0) is 6.18 Å². The number of pyridine rings is 2. The van der Waals surface area contributed by atoms with Crippen LogP contribution in [0.4, 0.5) is 19.0 Å². The molecule has 0 aliphatic carbocycles. The first-order chi connectivity index (χ1) is 9.49. The number of halogens is 3. The van der Waals surface area contributed by atoms with Crippen molar-refractivity contribution in [3.05, 3.63) is 42.2 Å². The van der Waals surface area contributed by atoms with Crippen LogP contribution in [0.2, 0.25) is 0 Å². The normalized spacial score (nSPS) is 11.2. The monoisotopic (exact) mass is 283 g/mol. The van der Waals surface area contributed by atoms with Gasteiger partial charge >= 0.3 is 6.18 Å². The van der Waals surface area contributed by atoms with Gasteiger partial charge in [-0.15, -0.1) is 0 Å². The van der Waals surface area contributed by atoms with E-state index in [9.17, 15) is 13.2 Å². The Kier molecular flexibility index (Phi) is 4.07. The molecule has 7 heteroatoms. The maximum atomic E-state index is 12.8. The summed E-state index contributed by atoms with van der Waals surface area (Å²) in [6.07, 6.45) is -1.52. The number of rotatable bonds is 4. The molecule has 0 fully saturated rings. The van der Waals surface area contributed by atoms with Crippen molar-refractivity contribution in [2.24, 2.45) is 0 Å². The highest BCUT2D eigenvalue weighted by molar-refractivity contribution is 5.43. The van der Waals surface area contributed by atoms with E-state index in [-0.39, 0.29) is 11.7 Å². The quantitative estimate of drug-likeness (QED) is 0.929. The Morgan fingerprint density at radius 1 is 1.30 bits per heavy atom. The second kappa shape index (κ2) is 5.77. The van der Waals surface area contributed by atoms with Gasteiger partial charge in [0.15, 0.2) is 0 Å². The first kappa shape index (κ1) is 14.1. The predicted octanol–water partition coefficient (Wildman–Crippen LogP) is 3.72. The summed E-state index contributed by atoms with van der Waals surface area (Å²) in [5.74, 6) is 0.298. The van der Waals surface area contributed by atoms with Crippen molar-refractivity contribution in [2.45, 2.75) is 13.1 Å². The average molecular weight is 283 g/mol. The molecule has 2 aromatic heterocycles. The lowest BCUT2D eigenvalue weighted by Gasteiger charge is -2.12. The highest BCUT2D eigenvalue weighted by Gasteiger charge is 2.32. The molecule has 0 spiro atoms. The minimum absolute atomic E-state index is 0.112. The van der Waals surface area contributed by atoms with Gasteiger partial charge in [-0.2, -0.15) is 18.2 Å². The number of hydrogen-bond donors (Lipinski definition) is 1. The highest BCUT2D eigenvalue weighted by Crippen LogP contribution is 2.33. The number of aromatic nitrogens is 2. The van der Waals surface area contributed by atoms with Crippen LogP contribution in [0.15, 0.2) is 36.7 Å². The largest absolute Gasteiger partial charge is 0.437 e. The van der Waals surface area contributed by atoms with Gasteiger partial charge in [0.25, 0.3) is 0 Å². The van der Waals surface area contributed by atoms with Crippen molar-refractivity contribution in [3.8, 4) is 11.6 Å². The molecular formula is C13H12F3N3O. The van der Waals surface area contributed by atoms with Gasteiger partial charge in [0.2, 0.25) is 5.88 Å². The van der Waals surface area contributed by atoms with Crippen LogP contribution in [-0.4, -0.2) is 16.5 Å². The molecule has 0 saturated carbocycles. The molecular weight excluding hydrogens is 271 g/mol. The summed E-state index contributed by atoms with van der Waals surface area (Å²) in [6.45, 7) is 2.23. The van der Waals surface area contributed by atoms with Gasteiger partial charge in [-0.25, -0.2) is 0 Å². The van der Waals surface area contributed by atoms with Crippen LogP contribution in [0.25, 0.3) is 0 Å². The summed E-state index contributed by atoms with van der Waals surface area (Å²) in [4.78, 5) is 7.79. The van der Waals surface area contributed by atoms with Crippen molar-refractivity contribution in [3.63, 3.8) is 0 Å². The molecule has 20 heavy (non-hydrogen) atoms. The fourth-order valence-corrected chi connectivity index (χ4v) is 1.52. The van der Waals surface area contributed by atoms with E-state index in [0.717, 1.165) is 12.1 Å². The zero-order valence-electron chi connectivity index (χ0n) is 10.6. The lowest BCUT2D eigenvalue weighted by molar-refractivity contribution is -0.137. The second-order valence-corrected chi connectivity index (χ2v) is 3.90. The zero-order valence-corrected chi connectivity index (χ0v) is 10.6. The number of nitrogens with one attached hydrogen (secondary N) is 1. The Labute approximate surface area is 113 Å². The van der Waals surface area contributed by atoms with E-state index in [4.69, 9.17) is 4.74 Å². The molecule has 0 unspecified atom stereocenters. The fourth-order valence-electron chi connectivity index (χ4n) is 1.52. The molecule has 0 saturated heterocycles. The van der Waals surface area contributed by atoms with E-state index in [1.54, 1.807) is 19.1 Å². The summed E-state index contributed by atoms with van der Waals surface area (Å²) in [7, 11) is 0. The Morgan fingerprint density at radius 3 is 2.70 bits per heavy atom. The maximum absolute atomic E-state index is 12.8. The van der Waals surface area contributed by atoms with E-state index < -0.39 is 11.7 Å². The van der Waals surface area contributed by atoms with E-state index in [0.29, 0.717) is 12.3 Å². The standard InChI is InChI=1S/C13H12F3N3O/c1-2-18-11-6-9(13(14,15)16)7-12(19-11)20-10-4-3-5-17-8-10/h3-8H,2H2,1H3,(H,18,19). The molecule has 0 aliphatic heterocycles. The molecule has 0 bridgehead atoms. The van der Waals surface area contributed by atoms with E-state index in [1.807, 2.05) is 0 Å². The zero-order chi connectivity index (χ0) is 14.6. The van der Waals surface area contributed by atoms with Gasteiger partial charge in [0.05, 0.1) is 11.8 Å². The predicted molar refractivity (Wildman–Crippen MR) is 67.7 cm³/mol. The van der Waals surface area contributed by atoms with Crippen LogP contribution < -0.4 is 10.1 Å². The maximum Gasteiger partial charge on any atom is 0.416 e. The number of hydrogen-bond acceptors (Lipinski definition) is 4. The van der Waals surface area contributed by atoms with E-state index in [2.05, 4.69) is 15.3 Å². The van der Waals surface area contributed by atoms with Crippen molar-refractivity contribution in [1.82, 2.24) is 9.97 Å². The van der Waals surface area contributed by atoms with Crippen LogP contribution >= 0.6 is 0 Å². The van der Waals surface area contributed by atoms with Gasteiger partial charge in [-0.05, 0) is 25.1 Å². The van der Waals surface area contributed by atoms with Gasteiger partial charge < -0.3 is 10.1 Å². The third-order valence-corrected chi connectivity index (χ3v) is 2.34. The van der Waals surface area contributed by atoms with Crippen molar-refractivity contribution < 1.29 is 17.9 Å². The van der Waals surface area contributed by atoms with Crippen LogP contribution in [0.1, 0.15) is 12.5 Å². The first-order valence-corrected chi connectivity index (χ1v) is 5.90. The molecule has 106 valence electrons. The topological polar surface area (TPSA) is 47.0 Å². The molecule has 4 nitrogen and oxygen atoms in total. The van der Waals surface area contributed by atoms with Crippen LogP contribution in [0.5, 0.6) is 11.6 Å². The van der Waals surface area contributed by atoms with Gasteiger partial charge in [-0.1, -0.05) is 0 Å². The van der Waals surface area contributed by atoms with Crippen LogP contribution in [0, 0.1) is 0 Å². The first-order valence-electron chi connectivity index (χ1n) is 5.90. The van der Waals surface area contributed by atoms with Crippen molar-refractivity contribution in [1.29, 1.82) is 0 Å². The molecule has 0 amide bonds. The number of nitrogens with zero attached hydrogens (tertiary/aromatic N) is 2. The lowest BCUT2D eigenvalue weighted by atomic mass is 10.2. The van der Waals surface area contributed by atoms with Gasteiger partial charge in [0.1, 0.15) is 11.6 Å². The molecule has 1 N–H and O–H groups in total. The molecule has 0 aliphatic rings. The SMILES string of the molecule is CCNc1cc(C(F)(F)F)cc(Oc2cccnc2)n1. The summed E-state index contributed by atoms with van der Waals surface area (Å²) in [5.41, 5.74) is -0.817. The third-order valence-electron chi connectivity index (χ3n) is 2.34. The summed E-state index contributed by atoms with van der Waals surface area (Å²) < 4.78 is 43.7. The molecule has 0 radical (unpaired) electrons. The smallest absolute Gasteiger partial charge is 0.416 e. The van der Waals surface area contributed by atoms with Crippen molar-refractivity contribution in [2.75, 3.05) is 11.9 Å². The Balaban J connectivity index is 2.34. The minimum atomic E-state index is -4.46. The fraction of sp³-hybridized carbons (Fsp3) is 0.231. The molecule has 0 atom stereocenters. The minimum Gasteiger partial charge on any atom is -0.437 e. The van der Waals surface area contributed by atoms with Gasteiger partial charge in [0, 0.05) is 18.8 Å². The molecule has 0 aromatic carbocycles. The number of alkyl halides is 3. The van der Waals surface area contributed by atoms with Crippen LogP contribution in [0.3, 0.4) is 0 Å². The van der Waals surface area contributed by atoms with Gasteiger partial charge in [-0.3, -0.25) is 4.98 Å². The van der Waals surface area contributed by atoms with E-state index in [1.165, 1.54) is 12.4 Å². The summed E-state index contributed by atoms with van der Waals surface area (Å²) in [6, 6.07) is 5.00. The Morgan fingerprint density at radius 2 is 2.10 bits per heavy atom. The number of anilines is 1. The Bertz CT molecular complexity index is 573. The Hall–Kier alpha value is -2.31. The molecule has 2 aromatic rings. The third kappa shape index (κ3) is 3.59. The lowest BCUT2D eigenvalue weighted by Crippen LogP contribution is -2.08. The number of ether oxygens (including phenoxy) is 1. The molecule has 2 heterocycles. The highest BCUT2D eigenvalue weighted by atomic mass is 19.4.